The van der Waals surface area contributed by atoms with Crippen molar-refractivity contribution < 1.29 is 34.4 Å². The van der Waals surface area contributed by atoms with Gasteiger partial charge in [0.05, 0.1) is 5.69 Å². The highest BCUT2D eigenvalue weighted by atomic mass is 17.1. The fourth-order valence-electron chi connectivity index (χ4n) is 2.37. The third-order valence-electron chi connectivity index (χ3n) is 3.79. The van der Waals surface area contributed by atoms with Crippen molar-refractivity contribution in [2.24, 2.45) is 5.92 Å². The lowest BCUT2D eigenvalue weighted by atomic mass is 10.0. The van der Waals surface area contributed by atoms with E-state index in [9.17, 15) is 19.2 Å². The molecule has 0 saturated carbocycles. The van der Waals surface area contributed by atoms with Crippen molar-refractivity contribution in [2.45, 2.75) is 45.4 Å². The number of carbonyl (C=O) groups excluding carboxylic acids is 3. The predicted molar refractivity (Wildman–Crippen MR) is 95.3 cm³/mol. The second-order valence-electron chi connectivity index (χ2n) is 5.89. The van der Waals surface area contributed by atoms with Crippen molar-refractivity contribution in [3.63, 3.8) is 0 Å². The average Bonchev–Trinajstić information content (AvgIpc) is 2.94. The highest BCUT2D eigenvalue weighted by Crippen LogP contribution is 2.22. The number of hydrogen-bond donors (Lipinski definition) is 3. The van der Waals surface area contributed by atoms with Crippen molar-refractivity contribution in [2.75, 3.05) is 5.01 Å². The summed E-state index contributed by atoms with van der Waals surface area (Å²) >= 11 is 0. The lowest BCUT2D eigenvalue weighted by molar-refractivity contribution is -0.234. The zero-order valence-electron chi connectivity index (χ0n) is 15.1. The maximum atomic E-state index is 12.1. The van der Waals surface area contributed by atoms with Gasteiger partial charge in [-0.3, -0.25) is 19.8 Å². The molecular formula is C18H24N2O7. The number of amides is 2. The Kier molecular flexibility index (Phi) is 9.52. The minimum Gasteiger partial charge on any atom is -0.481 e. The summed E-state index contributed by atoms with van der Waals surface area (Å²) in [4.78, 5) is 47.0. The Bertz CT molecular complexity index is 648. The van der Waals surface area contributed by atoms with Crippen LogP contribution in [-0.2, 0) is 24.1 Å². The number of anilines is 1. The van der Waals surface area contributed by atoms with Gasteiger partial charge in [-0.2, -0.15) is 5.26 Å². The third kappa shape index (κ3) is 7.45. The van der Waals surface area contributed by atoms with Crippen LogP contribution in [0.4, 0.5) is 5.69 Å². The van der Waals surface area contributed by atoms with Gasteiger partial charge in [-0.05, 0) is 25.0 Å². The van der Waals surface area contributed by atoms with Crippen molar-refractivity contribution in [1.82, 2.24) is 5.43 Å². The van der Waals surface area contributed by atoms with E-state index in [2.05, 4.69) is 10.3 Å². The number of para-hydroxylation sites is 1. The Hall–Kier alpha value is -2.94. The van der Waals surface area contributed by atoms with Crippen molar-refractivity contribution >= 4 is 29.4 Å². The van der Waals surface area contributed by atoms with Gasteiger partial charge in [0.2, 0.25) is 0 Å². The van der Waals surface area contributed by atoms with Crippen LogP contribution in [-0.4, -0.2) is 34.1 Å². The first-order valence-electron chi connectivity index (χ1n) is 8.66. The number of unbranched alkanes of at least 4 members (excludes halogenated alkanes) is 1. The van der Waals surface area contributed by atoms with Gasteiger partial charge in [0.15, 0.2) is 0 Å². The van der Waals surface area contributed by atoms with Gasteiger partial charge in [0, 0.05) is 12.8 Å². The van der Waals surface area contributed by atoms with E-state index in [1.54, 1.807) is 12.1 Å². The summed E-state index contributed by atoms with van der Waals surface area (Å²) in [7, 11) is 0. The van der Waals surface area contributed by atoms with E-state index >= 15 is 0 Å². The van der Waals surface area contributed by atoms with Gasteiger partial charge in [-0.15, -0.1) is 0 Å². The predicted octanol–water partition coefficient (Wildman–Crippen LogP) is 2.13. The molecule has 0 bridgehead atoms. The molecule has 2 amide bonds. The Morgan fingerprint density at radius 1 is 1.15 bits per heavy atom. The SMILES string of the molecule is CCCCC1C(=O)NN(c2ccccc2)C1=O.O=C(O)CCCC(=O)OO. The summed E-state index contributed by atoms with van der Waals surface area (Å²) in [6.07, 6.45) is 2.55. The van der Waals surface area contributed by atoms with E-state index in [4.69, 9.17) is 10.4 Å². The summed E-state index contributed by atoms with van der Waals surface area (Å²) in [6.45, 7) is 2.05. The largest absolute Gasteiger partial charge is 0.481 e. The van der Waals surface area contributed by atoms with Gasteiger partial charge in [0.1, 0.15) is 5.92 Å². The first-order valence-corrected chi connectivity index (χ1v) is 8.66. The molecule has 0 aromatic heterocycles. The molecule has 1 heterocycles. The molecule has 1 unspecified atom stereocenters. The molecule has 1 aliphatic heterocycles. The van der Waals surface area contributed by atoms with Crippen LogP contribution in [0.15, 0.2) is 30.3 Å². The van der Waals surface area contributed by atoms with Crippen molar-refractivity contribution in [3.05, 3.63) is 30.3 Å². The number of hydrogen-bond acceptors (Lipinski definition) is 6. The Morgan fingerprint density at radius 2 is 1.81 bits per heavy atom. The zero-order valence-corrected chi connectivity index (χ0v) is 15.1. The number of nitrogens with one attached hydrogen (secondary N) is 1. The zero-order chi connectivity index (χ0) is 20.2. The van der Waals surface area contributed by atoms with Gasteiger partial charge in [-0.1, -0.05) is 38.0 Å². The van der Waals surface area contributed by atoms with E-state index in [0.717, 1.165) is 12.8 Å². The van der Waals surface area contributed by atoms with Crippen LogP contribution in [0.25, 0.3) is 0 Å². The van der Waals surface area contributed by atoms with Crippen LogP contribution < -0.4 is 10.4 Å². The second kappa shape index (κ2) is 11.6. The molecule has 0 spiro atoms. The number of aliphatic carboxylic acids is 1. The minimum absolute atomic E-state index is 0.0667. The van der Waals surface area contributed by atoms with Crippen LogP contribution in [0.2, 0.25) is 0 Å². The van der Waals surface area contributed by atoms with E-state index in [1.807, 2.05) is 25.1 Å². The normalized spacial score (nSPS) is 15.6. The lowest BCUT2D eigenvalue weighted by Gasteiger charge is -2.14. The molecule has 2 rings (SSSR count). The van der Waals surface area contributed by atoms with Crippen LogP contribution in [0, 0.1) is 5.92 Å². The summed E-state index contributed by atoms with van der Waals surface area (Å²) in [5.41, 5.74) is 3.34. The Balaban J connectivity index is 0.000000314. The van der Waals surface area contributed by atoms with Crippen LogP contribution >= 0.6 is 0 Å². The number of rotatable bonds is 8. The van der Waals surface area contributed by atoms with Crippen LogP contribution in [0.5, 0.6) is 0 Å². The van der Waals surface area contributed by atoms with Gasteiger partial charge in [0.25, 0.3) is 11.8 Å². The first-order chi connectivity index (χ1) is 12.9. The Labute approximate surface area is 156 Å². The fourth-order valence-corrected chi connectivity index (χ4v) is 2.37. The highest BCUT2D eigenvalue weighted by molar-refractivity contribution is 6.14. The van der Waals surface area contributed by atoms with Gasteiger partial charge < -0.3 is 9.99 Å². The molecule has 27 heavy (non-hydrogen) atoms. The monoisotopic (exact) mass is 380 g/mol. The summed E-state index contributed by atoms with van der Waals surface area (Å²) in [5.74, 6) is -2.62. The summed E-state index contributed by atoms with van der Waals surface area (Å²) in [6, 6.07) is 9.17. The molecule has 3 N–H and O–H groups in total. The smallest absolute Gasteiger partial charge is 0.342 e. The number of carbonyl (C=O) groups is 4. The molecule has 148 valence electrons. The molecule has 9 heteroatoms. The molecule has 0 aliphatic carbocycles. The number of hydrazine groups is 1. The molecule has 1 aliphatic rings. The minimum atomic E-state index is -0.967. The van der Waals surface area contributed by atoms with E-state index in [0.29, 0.717) is 12.1 Å². The quantitative estimate of drug-likeness (QED) is 0.357. The molecule has 1 saturated heterocycles. The first kappa shape index (κ1) is 22.1. The van der Waals surface area contributed by atoms with Gasteiger partial charge >= 0.3 is 11.9 Å². The number of carboxylic acids is 1. The highest BCUT2D eigenvalue weighted by Gasteiger charge is 2.39. The molecule has 1 fully saturated rings. The van der Waals surface area contributed by atoms with E-state index in [1.165, 1.54) is 5.01 Å². The fraction of sp³-hybridized carbons (Fsp3) is 0.444. The topological polar surface area (TPSA) is 133 Å². The molecule has 1 aromatic rings. The van der Waals surface area contributed by atoms with Crippen LogP contribution in [0.3, 0.4) is 0 Å². The number of nitrogens with zero attached hydrogens (tertiary/aromatic N) is 1. The van der Waals surface area contributed by atoms with Gasteiger partial charge in [-0.25, -0.2) is 9.80 Å². The standard InChI is InChI=1S/C13H16N2O2.C5H8O5/c1-2-3-9-11-12(16)14-15(13(11)17)10-7-5-4-6-8-10;6-4(7)2-1-3-5(8)10-9/h4-8,11H,2-3,9H2,1H3,(H,14,16);9H,1-3H2,(H,6,7). The lowest BCUT2D eigenvalue weighted by Crippen LogP contribution is -2.35. The summed E-state index contributed by atoms with van der Waals surface area (Å²) in [5, 5.41) is 17.1. The average molecular weight is 380 g/mol. The molecular weight excluding hydrogens is 356 g/mol. The third-order valence-corrected chi connectivity index (χ3v) is 3.79. The molecule has 0 radical (unpaired) electrons. The molecule has 1 atom stereocenters. The summed E-state index contributed by atoms with van der Waals surface area (Å²) < 4.78 is 0. The molecule has 9 nitrogen and oxygen atoms in total. The van der Waals surface area contributed by atoms with Crippen molar-refractivity contribution in [3.8, 4) is 0 Å². The number of benzene rings is 1. The van der Waals surface area contributed by atoms with Crippen LogP contribution in [0.1, 0.15) is 45.4 Å². The van der Waals surface area contributed by atoms with Crippen molar-refractivity contribution in [1.29, 1.82) is 0 Å². The number of carboxylic acid groups (broad SMARTS) is 1. The maximum absolute atomic E-state index is 12.1. The molecule has 1 aromatic carbocycles. The van der Waals surface area contributed by atoms with E-state index in [-0.39, 0.29) is 31.1 Å². The maximum Gasteiger partial charge on any atom is 0.342 e. The second-order valence-corrected chi connectivity index (χ2v) is 5.89. The van der Waals surface area contributed by atoms with E-state index < -0.39 is 17.9 Å². The Morgan fingerprint density at radius 3 is 2.37 bits per heavy atom.